The van der Waals surface area contributed by atoms with E-state index in [1.165, 1.54) is 11.1 Å². The molecule has 1 fully saturated rings. The van der Waals surface area contributed by atoms with Gasteiger partial charge in [-0.2, -0.15) is 0 Å². The molecule has 1 N–H and O–H groups in total. The zero-order chi connectivity index (χ0) is 16.2. The number of anilines is 1. The van der Waals surface area contributed by atoms with Crippen LogP contribution in [0.5, 0.6) is 0 Å². The monoisotopic (exact) mass is 340 g/mol. The third kappa shape index (κ3) is 3.56. The summed E-state index contributed by atoms with van der Waals surface area (Å²) in [4.78, 5) is 12.1. The highest BCUT2D eigenvalue weighted by Crippen LogP contribution is 2.24. The van der Waals surface area contributed by atoms with Crippen LogP contribution in [0.3, 0.4) is 0 Å². The van der Waals surface area contributed by atoms with Crippen LogP contribution < -0.4 is 5.32 Å². The fourth-order valence-electron chi connectivity index (χ4n) is 2.97. The zero-order valence-electron chi connectivity index (χ0n) is 13.4. The van der Waals surface area contributed by atoms with Crippen molar-refractivity contribution in [1.29, 1.82) is 0 Å². The smallest absolute Gasteiger partial charge is 0.138 e. The van der Waals surface area contributed by atoms with Gasteiger partial charge in [0, 0.05) is 26.2 Å². The molecule has 2 aromatic heterocycles. The largest absolute Gasteiger partial charge is 0.379 e. The molecule has 0 atom stereocenters. The summed E-state index contributed by atoms with van der Waals surface area (Å²) in [5.74, 6) is 0.903. The number of hydrogen-bond donors (Lipinski definition) is 1. The summed E-state index contributed by atoms with van der Waals surface area (Å²) in [6.45, 7) is 5.45. The SMILES string of the molecule is c1cc(CNc2ncnc3sccc23)cc(CN2CCOCC2)c1. The normalized spacial score (nSPS) is 15.7. The Morgan fingerprint density at radius 3 is 2.92 bits per heavy atom. The molecule has 0 aliphatic carbocycles. The lowest BCUT2D eigenvalue weighted by Crippen LogP contribution is -2.35. The van der Waals surface area contributed by atoms with E-state index >= 15 is 0 Å². The minimum atomic E-state index is 0.763. The van der Waals surface area contributed by atoms with Crippen LogP contribution in [0.4, 0.5) is 5.82 Å². The molecule has 3 heterocycles. The molecule has 0 spiro atoms. The van der Waals surface area contributed by atoms with Gasteiger partial charge < -0.3 is 10.1 Å². The molecule has 1 aromatic carbocycles. The van der Waals surface area contributed by atoms with E-state index in [9.17, 15) is 0 Å². The number of benzene rings is 1. The Kier molecular flexibility index (Phi) is 4.69. The van der Waals surface area contributed by atoms with Crippen molar-refractivity contribution in [3.63, 3.8) is 0 Å². The van der Waals surface area contributed by atoms with Crippen LogP contribution >= 0.6 is 11.3 Å². The van der Waals surface area contributed by atoms with E-state index in [1.54, 1.807) is 17.7 Å². The Labute approximate surface area is 145 Å². The van der Waals surface area contributed by atoms with E-state index in [1.807, 2.05) is 5.38 Å². The van der Waals surface area contributed by atoms with Gasteiger partial charge in [-0.05, 0) is 22.6 Å². The third-order valence-electron chi connectivity index (χ3n) is 4.22. The van der Waals surface area contributed by atoms with Crippen LogP contribution in [0.25, 0.3) is 10.2 Å². The number of fused-ring (bicyclic) bond motifs is 1. The molecule has 24 heavy (non-hydrogen) atoms. The van der Waals surface area contributed by atoms with E-state index in [-0.39, 0.29) is 0 Å². The van der Waals surface area contributed by atoms with Gasteiger partial charge in [-0.1, -0.05) is 24.3 Å². The van der Waals surface area contributed by atoms with Crippen LogP contribution in [0.15, 0.2) is 42.0 Å². The van der Waals surface area contributed by atoms with Gasteiger partial charge in [-0.15, -0.1) is 11.3 Å². The maximum Gasteiger partial charge on any atom is 0.138 e. The number of nitrogens with one attached hydrogen (secondary N) is 1. The molecule has 1 saturated heterocycles. The Morgan fingerprint density at radius 2 is 2.00 bits per heavy atom. The number of thiophene rings is 1. The summed E-state index contributed by atoms with van der Waals surface area (Å²) in [5, 5.41) is 6.58. The molecule has 0 radical (unpaired) electrons. The van der Waals surface area contributed by atoms with Crippen molar-refractivity contribution in [3.05, 3.63) is 53.2 Å². The predicted molar refractivity (Wildman–Crippen MR) is 97.3 cm³/mol. The second-order valence-corrected chi connectivity index (χ2v) is 6.82. The Bertz CT molecular complexity index is 813. The summed E-state index contributed by atoms with van der Waals surface area (Å²) in [5.41, 5.74) is 2.61. The van der Waals surface area contributed by atoms with E-state index in [0.717, 1.165) is 55.4 Å². The molecule has 1 aliphatic heterocycles. The minimum absolute atomic E-state index is 0.763. The molecule has 1 aliphatic rings. The van der Waals surface area contributed by atoms with Crippen molar-refractivity contribution >= 4 is 27.4 Å². The Morgan fingerprint density at radius 1 is 1.12 bits per heavy atom. The maximum atomic E-state index is 5.41. The van der Waals surface area contributed by atoms with Crippen molar-refractivity contribution in [1.82, 2.24) is 14.9 Å². The van der Waals surface area contributed by atoms with Gasteiger partial charge >= 0.3 is 0 Å². The lowest BCUT2D eigenvalue weighted by Gasteiger charge is -2.26. The molecule has 6 heteroatoms. The fourth-order valence-corrected chi connectivity index (χ4v) is 3.70. The standard InChI is InChI=1S/C18H20N4OS/c1-2-14(10-15(3-1)12-22-5-7-23-8-6-22)11-19-17-16-4-9-24-18(16)21-13-20-17/h1-4,9-10,13H,5-8,11-12H2,(H,19,20,21). The lowest BCUT2D eigenvalue weighted by atomic mass is 10.1. The lowest BCUT2D eigenvalue weighted by molar-refractivity contribution is 0.0342. The highest BCUT2D eigenvalue weighted by Gasteiger charge is 2.11. The molecule has 0 amide bonds. The molecule has 4 rings (SSSR count). The zero-order valence-corrected chi connectivity index (χ0v) is 14.3. The van der Waals surface area contributed by atoms with Gasteiger partial charge in [-0.25, -0.2) is 9.97 Å². The molecule has 5 nitrogen and oxygen atoms in total. The van der Waals surface area contributed by atoms with Crippen molar-refractivity contribution < 1.29 is 4.74 Å². The maximum absolute atomic E-state index is 5.41. The summed E-state index contributed by atoms with van der Waals surface area (Å²) in [7, 11) is 0. The first-order chi connectivity index (χ1) is 11.9. The van der Waals surface area contributed by atoms with Crippen molar-refractivity contribution in [3.8, 4) is 0 Å². The number of rotatable bonds is 5. The van der Waals surface area contributed by atoms with Crippen molar-refractivity contribution in [2.45, 2.75) is 13.1 Å². The summed E-state index contributed by atoms with van der Waals surface area (Å²) < 4.78 is 5.41. The van der Waals surface area contributed by atoms with Crippen LogP contribution in [0, 0.1) is 0 Å². The van der Waals surface area contributed by atoms with Gasteiger partial charge in [0.2, 0.25) is 0 Å². The quantitative estimate of drug-likeness (QED) is 0.773. The second kappa shape index (κ2) is 7.25. The fraction of sp³-hybridized carbons (Fsp3) is 0.333. The highest BCUT2D eigenvalue weighted by atomic mass is 32.1. The van der Waals surface area contributed by atoms with Crippen LogP contribution in [-0.4, -0.2) is 41.2 Å². The average molecular weight is 340 g/mol. The van der Waals surface area contributed by atoms with Crippen molar-refractivity contribution in [2.75, 3.05) is 31.6 Å². The molecular formula is C18H20N4OS. The number of ether oxygens (including phenoxy) is 1. The minimum Gasteiger partial charge on any atom is -0.379 e. The van der Waals surface area contributed by atoms with E-state index in [4.69, 9.17) is 4.74 Å². The van der Waals surface area contributed by atoms with Gasteiger partial charge in [0.15, 0.2) is 0 Å². The Hall–Kier alpha value is -2.02. The molecule has 0 unspecified atom stereocenters. The number of aromatic nitrogens is 2. The van der Waals surface area contributed by atoms with Gasteiger partial charge in [0.1, 0.15) is 17.0 Å². The summed E-state index contributed by atoms with van der Waals surface area (Å²) >= 11 is 1.64. The van der Waals surface area contributed by atoms with E-state index < -0.39 is 0 Å². The first-order valence-corrected chi connectivity index (χ1v) is 9.06. The second-order valence-electron chi connectivity index (χ2n) is 5.92. The molecule has 124 valence electrons. The average Bonchev–Trinajstić information content (AvgIpc) is 3.10. The van der Waals surface area contributed by atoms with Gasteiger partial charge in [0.25, 0.3) is 0 Å². The number of hydrogen-bond acceptors (Lipinski definition) is 6. The van der Waals surface area contributed by atoms with Crippen LogP contribution in [0.1, 0.15) is 11.1 Å². The topological polar surface area (TPSA) is 50.3 Å². The van der Waals surface area contributed by atoms with E-state index in [2.05, 4.69) is 50.5 Å². The number of nitrogens with zero attached hydrogens (tertiary/aromatic N) is 3. The number of morpholine rings is 1. The van der Waals surface area contributed by atoms with Crippen LogP contribution in [-0.2, 0) is 17.8 Å². The first kappa shape index (κ1) is 15.5. The molecule has 0 saturated carbocycles. The molecule has 3 aromatic rings. The van der Waals surface area contributed by atoms with Gasteiger partial charge in [-0.3, -0.25) is 4.90 Å². The highest BCUT2D eigenvalue weighted by molar-refractivity contribution is 7.16. The summed E-state index contributed by atoms with van der Waals surface area (Å²) in [6.07, 6.45) is 1.62. The van der Waals surface area contributed by atoms with Gasteiger partial charge in [0.05, 0.1) is 18.6 Å². The third-order valence-corrected chi connectivity index (χ3v) is 5.04. The van der Waals surface area contributed by atoms with E-state index in [0.29, 0.717) is 0 Å². The predicted octanol–water partition coefficient (Wildman–Crippen LogP) is 3.14. The first-order valence-electron chi connectivity index (χ1n) is 8.18. The van der Waals surface area contributed by atoms with Crippen LogP contribution in [0.2, 0.25) is 0 Å². The molecule has 0 bridgehead atoms. The Balaban J connectivity index is 1.43. The van der Waals surface area contributed by atoms with Crippen molar-refractivity contribution in [2.24, 2.45) is 0 Å². The summed E-state index contributed by atoms with van der Waals surface area (Å²) in [6, 6.07) is 10.8. The molecular weight excluding hydrogens is 320 g/mol.